The van der Waals surface area contributed by atoms with E-state index in [1.807, 2.05) is 6.92 Å². The predicted molar refractivity (Wildman–Crippen MR) is 73.9 cm³/mol. The molecule has 1 fully saturated rings. The van der Waals surface area contributed by atoms with E-state index >= 15 is 0 Å². The number of ether oxygens (including phenoxy) is 1. The molecule has 1 rings (SSSR count). The number of ketones is 1. The van der Waals surface area contributed by atoms with Gasteiger partial charge in [-0.2, -0.15) is 0 Å². The number of carbonyl (C=O) groups excluding carboxylic acids is 1. The normalized spacial score (nSPS) is 30.9. The maximum absolute atomic E-state index is 12.0. The van der Waals surface area contributed by atoms with Crippen LogP contribution in [-0.4, -0.2) is 38.9 Å². The van der Waals surface area contributed by atoms with Gasteiger partial charge in [0.05, 0.1) is 22.9 Å². The Hall–Kier alpha value is -0.710. The van der Waals surface area contributed by atoms with Crippen molar-refractivity contribution < 1.29 is 19.7 Å². The molecular weight excluding hydrogens is 244 g/mol. The molecule has 0 aliphatic carbocycles. The smallest absolute Gasteiger partial charge is 0.138 e. The number of carbonyl (C=O) groups is 1. The van der Waals surface area contributed by atoms with Crippen LogP contribution >= 0.6 is 0 Å². The second kappa shape index (κ2) is 5.35. The Kier molecular flexibility index (Phi) is 4.60. The second-order valence-corrected chi connectivity index (χ2v) is 6.70. The number of hydrogen-bond acceptors (Lipinski definition) is 4. The van der Waals surface area contributed by atoms with Gasteiger partial charge in [0.1, 0.15) is 5.78 Å². The van der Waals surface area contributed by atoms with E-state index in [2.05, 4.69) is 6.58 Å². The molecule has 0 aromatic rings. The fraction of sp³-hybridized carbons (Fsp3) is 0.800. The SMILES string of the molecule is C=C[C@](C)(O)CC(=O)C[C@]1(C)CC[C@@H](C(C)(C)O)O1. The number of rotatable bonds is 6. The molecular formula is C15H26O4. The van der Waals surface area contributed by atoms with Gasteiger partial charge in [0.25, 0.3) is 0 Å². The average Bonchev–Trinajstić information content (AvgIpc) is 2.59. The van der Waals surface area contributed by atoms with Crippen molar-refractivity contribution in [2.75, 3.05) is 0 Å². The van der Waals surface area contributed by atoms with Crippen molar-refractivity contribution >= 4 is 5.78 Å². The molecule has 19 heavy (non-hydrogen) atoms. The first-order chi connectivity index (χ1) is 8.47. The number of hydrogen-bond donors (Lipinski definition) is 2. The molecule has 0 radical (unpaired) electrons. The Morgan fingerprint density at radius 3 is 2.47 bits per heavy atom. The van der Waals surface area contributed by atoms with E-state index in [9.17, 15) is 15.0 Å². The lowest BCUT2D eigenvalue weighted by Gasteiger charge is -2.30. The lowest BCUT2D eigenvalue weighted by Crippen LogP contribution is -2.39. The highest BCUT2D eigenvalue weighted by molar-refractivity contribution is 5.80. The quantitative estimate of drug-likeness (QED) is 0.724. The first-order valence-electron chi connectivity index (χ1n) is 6.75. The molecule has 0 bridgehead atoms. The van der Waals surface area contributed by atoms with E-state index in [0.717, 1.165) is 12.8 Å². The summed E-state index contributed by atoms with van der Waals surface area (Å²) in [5.41, 5.74) is -2.60. The highest BCUT2D eigenvalue weighted by Gasteiger charge is 2.43. The predicted octanol–water partition coefficient (Wildman–Crippen LogP) is 1.98. The van der Waals surface area contributed by atoms with Crippen molar-refractivity contribution in [2.24, 2.45) is 0 Å². The van der Waals surface area contributed by atoms with E-state index < -0.39 is 16.8 Å². The van der Waals surface area contributed by atoms with Crippen molar-refractivity contribution in [3.8, 4) is 0 Å². The average molecular weight is 270 g/mol. The molecule has 1 saturated heterocycles. The summed E-state index contributed by atoms with van der Waals surface area (Å²) in [5.74, 6) is -0.0520. The monoisotopic (exact) mass is 270 g/mol. The molecule has 1 heterocycles. The van der Waals surface area contributed by atoms with Gasteiger partial charge in [-0.25, -0.2) is 0 Å². The summed E-state index contributed by atoms with van der Waals surface area (Å²) in [5, 5.41) is 19.8. The Labute approximate surface area is 115 Å². The van der Waals surface area contributed by atoms with Crippen LogP contribution in [0.1, 0.15) is 53.4 Å². The van der Waals surface area contributed by atoms with E-state index in [4.69, 9.17) is 4.74 Å². The van der Waals surface area contributed by atoms with E-state index in [0.29, 0.717) is 0 Å². The molecule has 0 aromatic heterocycles. The van der Waals surface area contributed by atoms with Crippen LogP contribution in [0.15, 0.2) is 12.7 Å². The topological polar surface area (TPSA) is 66.8 Å². The van der Waals surface area contributed by atoms with Gasteiger partial charge >= 0.3 is 0 Å². The van der Waals surface area contributed by atoms with Crippen LogP contribution in [0.2, 0.25) is 0 Å². The summed E-state index contributed by atoms with van der Waals surface area (Å²) in [4.78, 5) is 12.0. The lowest BCUT2D eigenvalue weighted by atomic mass is 9.90. The Morgan fingerprint density at radius 2 is 2.05 bits per heavy atom. The summed E-state index contributed by atoms with van der Waals surface area (Å²) < 4.78 is 5.85. The van der Waals surface area contributed by atoms with Gasteiger partial charge in [-0.1, -0.05) is 6.08 Å². The van der Waals surface area contributed by atoms with Crippen LogP contribution < -0.4 is 0 Å². The fourth-order valence-electron chi connectivity index (χ4n) is 2.48. The van der Waals surface area contributed by atoms with Crippen LogP contribution in [0.3, 0.4) is 0 Å². The molecule has 0 aromatic carbocycles. The van der Waals surface area contributed by atoms with Gasteiger partial charge < -0.3 is 14.9 Å². The third kappa shape index (κ3) is 4.71. The van der Waals surface area contributed by atoms with Gasteiger partial charge in [-0.05, 0) is 40.5 Å². The molecule has 4 heteroatoms. The third-order valence-corrected chi connectivity index (χ3v) is 3.72. The summed E-state index contributed by atoms with van der Waals surface area (Å²) >= 11 is 0. The Morgan fingerprint density at radius 1 is 1.47 bits per heavy atom. The molecule has 110 valence electrons. The minimum atomic E-state index is -1.16. The van der Waals surface area contributed by atoms with Gasteiger partial charge in [0, 0.05) is 12.8 Å². The molecule has 1 aliphatic rings. The van der Waals surface area contributed by atoms with Crippen molar-refractivity contribution in [1.29, 1.82) is 0 Å². The zero-order valence-electron chi connectivity index (χ0n) is 12.4. The van der Waals surface area contributed by atoms with Crippen LogP contribution in [0.25, 0.3) is 0 Å². The summed E-state index contributed by atoms with van der Waals surface area (Å²) in [6.45, 7) is 10.4. The highest BCUT2D eigenvalue weighted by Crippen LogP contribution is 2.37. The zero-order valence-corrected chi connectivity index (χ0v) is 12.4. The second-order valence-electron chi connectivity index (χ2n) is 6.70. The molecule has 1 aliphatic heterocycles. The largest absolute Gasteiger partial charge is 0.388 e. The van der Waals surface area contributed by atoms with Gasteiger partial charge in [-0.3, -0.25) is 4.79 Å². The van der Waals surface area contributed by atoms with Crippen molar-refractivity contribution in [2.45, 2.75) is 76.3 Å². The van der Waals surface area contributed by atoms with E-state index in [1.54, 1.807) is 20.8 Å². The molecule has 0 saturated carbocycles. The van der Waals surface area contributed by atoms with E-state index in [-0.39, 0.29) is 24.7 Å². The lowest BCUT2D eigenvalue weighted by molar-refractivity contribution is -0.138. The van der Waals surface area contributed by atoms with Crippen molar-refractivity contribution in [1.82, 2.24) is 0 Å². The minimum Gasteiger partial charge on any atom is -0.388 e. The maximum Gasteiger partial charge on any atom is 0.138 e. The summed E-state index contributed by atoms with van der Waals surface area (Å²) in [7, 11) is 0. The molecule has 2 N–H and O–H groups in total. The minimum absolute atomic E-state index is 0.0443. The molecule has 0 unspecified atom stereocenters. The standard InChI is InChI=1S/C15H26O4/c1-6-14(4,18)9-11(16)10-15(5)8-7-12(19-15)13(2,3)17/h6,12,17-18H,1,7-10H2,2-5H3/t12-,14-,15-/m0/s1. The van der Waals surface area contributed by atoms with E-state index in [1.165, 1.54) is 6.08 Å². The van der Waals surface area contributed by atoms with Gasteiger partial charge in [-0.15, -0.1) is 6.58 Å². The first-order valence-corrected chi connectivity index (χ1v) is 6.75. The summed E-state index contributed by atoms with van der Waals surface area (Å²) in [6, 6.07) is 0. The first kappa shape index (κ1) is 16.3. The van der Waals surface area contributed by atoms with Crippen molar-refractivity contribution in [3.63, 3.8) is 0 Å². The third-order valence-electron chi connectivity index (χ3n) is 3.72. The van der Waals surface area contributed by atoms with Crippen LogP contribution in [0.4, 0.5) is 0 Å². The van der Waals surface area contributed by atoms with Crippen LogP contribution in [0.5, 0.6) is 0 Å². The van der Waals surface area contributed by atoms with Gasteiger partial charge in [0.2, 0.25) is 0 Å². The Balaban J connectivity index is 2.58. The fourth-order valence-corrected chi connectivity index (χ4v) is 2.48. The maximum atomic E-state index is 12.0. The highest BCUT2D eigenvalue weighted by atomic mass is 16.5. The zero-order chi connectivity index (χ0) is 14.9. The molecule has 0 amide bonds. The van der Waals surface area contributed by atoms with Crippen molar-refractivity contribution in [3.05, 3.63) is 12.7 Å². The number of Topliss-reactive ketones (excluding diaryl/α,β-unsaturated/α-hetero) is 1. The number of aliphatic hydroxyl groups is 2. The molecule has 3 atom stereocenters. The molecule has 4 nitrogen and oxygen atoms in total. The van der Waals surface area contributed by atoms with Crippen LogP contribution in [0, 0.1) is 0 Å². The Bertz CT molecular complexity index is 354. The molecule has 0 spiro atoms. The summed E-state index contributed by atoms with van der Waals surface area (Å²) in [6.07, 6.45) is 2.91. The van der Waals surface area contributed by atoms with Gasteiger partial charge in [0.15, 0.2) is 0 Å². The van der Waals surface area contributed by atoms with Crippen LogP contribution in [-0.2, 0) is 9.53 Å².